The monoisotopic (exact) mass is 353 g/mol. The molecule has 0 fully saturated rings. The van der Waals surface area contributed by atoms with Crippen LogP contribution in [0.5, 0.6) is 5.75 Å². The number of methoxy groups -OCH3 is 1. The van der Waals surface area contributed by atoms with Crippen LogP contribution in [-0.2, 0) is 0 Å². The Morgan fingerprint density at radius 3 is 2.48 bits per heavy atom. The van der Waals surface area contributed by atoms with Gasteiger partial charge in [0.05, 0.1) is 12.7 Å². The van der Waals surface area contributed by atoms with Gasteiger partial charge in [-0.15, -0.1) is 10.2 Å². The molecule has 0 unspecified atom stereocenters. The molecule has 1 amide bonds. The van der Waals surface area contributed by atoms with Crippen molar-refractivity contribution in [2.45, 2.75) is 19.8 Å². The number of nitrogens with zero attached hydrogens (tertiary/aromatic N) is 2. The van der Waals surface area contributed by atoms with Crippen LogP contribution < -0.4 is 10.1 Å². The lowest BCUT2D eigenvalue weighted by Crippen LogP contribution is -2.12. The third-order valence-electron chi connectivity index (χ3n) is 3.82. The molecule has 0 saturated heterocycles. The van der Waals surface area contributed by atoms with Crippen molar-refractivity contribution in [2.75, 3.05) is 12.4 Å². The van der Waals surface area contributed by atoms with E-state index < -0.39 is 0 Å². The molecule has 0 bridgehead atoms. The number of rotatable bonds is 5. The van der Waals surface area contributed by atoms with Gasteiger partial charge in [-0.2, -0.15) is 0 Å². The second-order valence-corrected chi connectivity index (χ2v) is 6.82. The van der Waals surface area contributed by atoms with E-state index in [0.29, 0.717) is 22.4 Å². The molecule has 2 aromatic carbocycles. The Hall–Kier alpha value is -2.73. The summed E-state index contributed by atoms with van der Waals surface area (Å²) in [4.78, 5) is 12.4. The van der Waals surface area contributed by atoms with E-state index in [1.54, 1.807) is 18.2 Å². The Labute approximate surface area is 150 Å². The molecule has 0 atom stereocenters. The molecule has 1 N–H and O–H groups in total. The van der Waals surface area contributed by atoms with E-state index in [9.17, 15) is 4.79 Å². The van der Waals surface area contributed by atoms with Crippen molar-refractivity contribution in [3.63, 3.8) is 0 Å². The van der Waals surface area contributed by atoms with Crippen LogP contribution in [0.25, 0.3) is 10.6 Å². The molecule has 25 heavy (non-hydrogen) atoms. The number of carbonyl (C=O) groups excluding carboxylic acids is 1. The van der Waals surface area contributed by atoms with Gasteiger partial charge in [-0.25, -0.2) is 0 Å². The smallest absolute Gasteiger partial charge is 0.261 e. The molecule has 0 saturated carbocycles. The van der Waals surface area contributed by atoms with Crippen LogP contribution in [0.2, 0.25) is 0 Å². The van der Waals surface area contributed by atoms with Crippen LogP contribution in [0.3, 0.4) is 0 Å². The van der Waals surface area contributed by atoms with E-state index in [2.05, 4.69) is 41.5 Å². The first-order chi connectivity index (χ1) is 12.1. The molecule has 128 valence electrons. The van der Waals surface area contributed by atoms with E-state index in [1.807, 2.05) is 18.2 Å². The number of anilines is 1. The Balaban J connectivity index is 1.76. The van der Waals surface area contributed by atoms with Gasteiger partial charge < -0.3 is 4.74 Å². The van der Waals surface area contributed by atoms with Crippen LogP contribution >= 0.6 is 11.3 Å². The first-order valence-electron chi connectivity index (χ1n) is 7.96. The van der Waals surface area contributed by atoms with E-state index in [0.717, 1.165) is 10.6 Å². The van der Waals surface area contributed by atoms with E-state index >= 15 is 0 Å². The summed E-state index contributed by atoms with van der Waals surface area (Å²) >= 11 is 1.34. The molecule has 0 aliphatic rings. The zero-order valence-corrected chi connectivity index (χ0v) is 15.1. The minimum absolute atomic E-state index is 0.268. The summed E-state index contributed by atoms with van der Waals surface area (Å²) in [5.74, 6) is 0.739. The maximum absolute atomic E-state index is 12.4. The van der Waals surface area contributed by atoms with Gasteiger partial charge in [-0.05, 0) is 23.6 Å². The Morgan fingerprint density at radius 1 is 1.08 bits per heavy atom. The largest absolute Gasteiger partial charge is 0.496 e. The summed E-state index contributed by atoms with van der Waals surface area (Å²) in [6.07, 6.45) is 0. The fraction of sp³-hybridized carbons (Fsp3) is 0.211. The lowest BCUT2D eigenvalue weighted by molar-refractivity contribution is 0.102. The molecule has 3 rings (SSSR count). The minimum Gasteiger partial charge on any atom is -0.496 e. The van der Waals surface area contributed by atoms with Gasteiger partial charge in [-0.3, -0.25) is 10.1 Å². The van der Waals surface area contributed by atoms with Crippen LogP contribution in [-0.4, -0.2) is 23.2 Å². The van der Waals surface area contributed by atoms with Gasteiger partial charge in [0.25, 0.3) is 5.91 Å². The molecule has 0 aliphatic carbocycles. The summed E-state index contributed by atoms with van der Waals surface area (Å²) in [6, 6.07) is 15.3. The molecule has 5 nitrogen and oxygen atoms in total. The number of ether oxygens (including phenoxy) is 1. The normalized spacial score (nSPS) is 10.7. The molecule has 0 aliphatic heterocycles. The number of aromatic nitrogens is 2. The van der Waals surface area contributed by atoms with Gasteiger partial charge >= 0.3 is 0 Å². The molecule has 3 aromatic rings. The van der Waals surface area contributed by atoms with E-state index in [1.165, 1.54) is 24.0 Å². The Bertz CT molecular complexity index is 872. The highest BCUT2D eigenvalue weighted by Crippen LogP contribution is 2.28. The Kier molecular flexibility index (Phi) is 5.09. The molecule has 1 heterocycles. The first-order valence-corrected chi connectivity index (χ1v) is 8.78. The van der Waals surface area contributed by atoms with Crippen LogP contribution in [0.15, 0.2) is 48.5 Å². The molecule has 1 aromatic heterocycles. The summed E-state index contributed by atoms with van der Waals surface area (Å²) < 4.78 is 5.22. The van der Waals surface area contributed by atoms with E-state index in [-0.39, 0.29) is 5.91 Å². The number of hydrogen-bond acceptors (Lipinski definition) is 5. The summed E-state index contributed by atoms with van der Waals surface area (Å²) in [7, 11) is 1.54. The highest BCUT2D eigenvalue weighted by atomic mass is 32.1. The summed E-state index contributed by atoms with van der Waals surface area (Å²) in [5, 5.41) is 12.2. The highest BCUT2D eigenvalue weighted by molar-refractivity contribution is 7.18. The van der Waals surface area contributed by atoms with E-state index in [4.69, 9.17) is 4.74 Å². The number of para-hydroxylation sites is 1. The molecular formula is C19H19N3O2S. The molecule has 0 radical (unpaired) electrons. The zero-order valence-electron chi connectivity index (χ0n) is 14.3. The van der Waals surface area contributed by atoms with Gasteiger partial charge in [0, 0.05) is 5.56 Å². The van der Waals surface area contributed by atoms with Crippen molar-refractivity contribution in [3.05, 3.63) is 59.7 Å². The maximum atomic E-state index is 12.4. The fourth-order valence-electron chi connectivity index (χ4n) is 2.40. The minimum atomic E-state index is -0.268. The van der Waals surface area contributed by atoms with Crippen molar-refractivity contribution in [2.24, 2.45) is 0 Å². The van der Waals surface area contributed by atoms with Gasteiger partial charge in [0.15, 0.2) is 0 Å². The second kappa shape index (κ2) is 7.44. The first kappa shape index (κ1) is 17.1. The highest BCUT2D eigenvalue weighted by Gasteiger charge is 2.14. The quantitative estimate of drug-likeness (QED) is 0.729. The van der Waals surface area contributed by atoms with Crippen LogP contribution in [0, 0.1) is 0 Å². The Morgan fingerprint density at radius 2 is 1.80 bits per heavy atom. The lowest BCUT2D eigenvalue weighted by Gasteiger charge is -2.06. The maximum Gasteiger partial charge on any atom is 0.261 e. The predicted octanol–water partition coefficient (Wildman–Crippen LogP) is 4.59. The third-order valence-corrected chi connectivity index (χ3v) is 4.71. The average molecular weight is 353 g/mol. The van der Waals surface area contributed by atoms with Crippen molar-refractivity contribution in [3.8, 4) is 16.3 Å². The predicted molar refractivity (Wildman–Crippen MR) is 100 cm³/mol. The number of amides is 1. The van der Waals surface area contributed by atoms with Crippen molar-refractivity contribution in [1.29, 1.82) is 0 Å². The summed E-state index contributed by atoms with van der Waals surface area (Å²) in [5.41, 5.74) is 2.72. The van der Waals surface area contributed by atoms with Crippen molar-refractivity contribution >= 4 is 22.4 Å². The SMILES string of the molecule is COc1ccccc1C(=O)Nc1nnc(-c2ccc(C(C)C)cc2)s1. The van der Waals surface area contributed by atoms with Gasteiger partial charge in [0.2, 0.25) is 5.13 Å². The number of nitrogens with one attached hydrogen (secondary N) is 1. The van der Waals surface area contributed by atoms with Crippen molar-refractivity contribution in [1.82, 2.24) is 10.2 Å². The fourth-order valence-corrected chi connectivity index (χ4v) is 3.14. The zero-order chi connectivity index (χ0) is 17.8. The van der Waals surface area contributed by atoms with Crippen LogP contribution in [0.1, 0.15) is 35.7 Å². The standard InChI is InChI=1S/C19H19N3O2S/c1-12(2)13-8-10-14(11-9-13)18-21-22-19(25-18)20-17(23)15-6-4-5-7-16(15)24-3/h4-12H,1-3H3,(H,20,22,23). The summed E-state index contributed by atoms with van der Waals surface area (Å²) in [6.45, 7) is 4.32. The topological polar surface area (TPSA) is 64.1 Å². The van der Waals surface area contributed by atoms with Gasteiger partial charge in [-0.1, -0.05) is 61.6 Å². The number of benzene rings is 2. The van der Waals surface area contributed by atoms with Crippen LogP contribution in [0.4, 0.5) is 5.13 Å². The lowest BCUT2D eigenvalue weighted by atomic mass is 10.0. The molecule has 6 heteroatoms. The number of hydrogen-bond donors (Lipinski definition) is 1. The third kappa shape index (κ3) is 3.85. The number of carbonyl (C=O) groups is 1. The van der Waals surface area contributed by atoms with Gasteiger partial charge in [0.1, 0.15) is 10.8 Å². The molecule has 0 spiro atoms. The average Bonchev–Trinajstić information content (AvgIpc) is 3.10. The second-order valence-electron chi connectivity index (χ2n) is 5.84. The van der Waals surface area contributed by atoms with Crippen molar-refractivity contribution < 1.29 is 9.53 Å². The molecular weight excluding hydrogens is 334 g/mol.